The van der Waals surface area contributed by atoms with Gasteiger partial charge in [-0.25, -0.2) is 0 Å². The molecule has 5 nitrogen and oxygen atoms in total. The van der Waals surface area contributed by atoms with E-state index in [-0.39, 0.29) is 11.9 Å². The predicted octanol–water partition coefficient (Wildman–Crippen LogP) is 0.0845. The Morgan fingerprint density at radius 2 is 2.50 bits per heavy atom. The van der Waals surface area contributed by atoms with Crippen molar-refractivity contribution in [3.05, 3.63) is 5.51 Å². The van der Waals surface area contributed by atoms with Gasteiger partial charge in [-0.3, -0.25) is 10.1 Å². The van der Waals surface area contributed by atoms with Gasteiger partial charge in [0, 0.05) is 0 Å². The Hall–Kier alpha value is -1.01. The fourth-order valence-corrected chi connectivity index (χ4v) is 1.02. The number of carbonyl (C=O) groups excluding carboxylic acids is 1. The number of aromatic nitrogens is 2. The van der Waals surface area contributed by atoms with Crippen LogP contribution < -0.4 is 10.6 Å². The van der Waals surface area contributed by atoms with E-state index in [9.17, 15) is 4.79 Å². The van der Waals surface area contributed by atoms with Gasteiger partial charge < -0.3 is 5.32 Å². The first kappa shape index (κ1) is 9.08. The zero-order chi connectivity index (χ0) is 8.97. The Bertz CT molecular complexity index is 248. The average molecular weight is 186 g/mol. The molecule has 1 aromatic rings. The highest BCUT2D eigenvalue weighted by atomic mass is 32.1. The van der Waals surface area contributed by atoms with E-state index < -0.39 is 0 Å². The smallest absolute Gasteiger partial charge is 0.243 e. The monoisotopic (exact) mass is 186 g/mol. The Kier molecular flexibility index (Phi) is 3.12. The predicted molar refractivity (Wildman–Crippen MR) is 47.1 cm³/mol. The molecule has 0 aliphatic heterocycles. The lowest BCUT2D eigenvalue weighted by Gasteiger charge is -2.07. The third kappa shape index (κ3) is 2.24. The van der Waals surface area contributed by atoms with E-state index in [1.807, 2.05) is 0 Å². The Morgan fingerprint density at radius 1 is 1.75 bits per heavy atom. The SMILES string of the molecule is CN[C@@H](C)C(=O)Nc1nncs1. The fraction of sp³-hybridized carbons (Fsp3) is 0.500. The summed E-state index contributed by atoms with van der Waals surface area (Å²) in [6.07, 6.45) is 0. The number of carbonyl (C=O) groups is 1. The number of nitrogens with zero attached hydrogens (tertiary/aromatic N) is 2. The molecule has 0 bridgehead atoms. The van der Waals surface area contributed by atoms with Crippen LogP contribution in [0.1, 0.15) is 6.92 Å². The third-order valence-corrected chi connectivity index (χ3v) is 2.02. The van der Waals surface area contributed by atoms with E-state index in [1.54, 1.807) is 19.5 Å². The summed E-state index contributed by atoms with van der Waals surface area (Å²) in [6.45, 7) is 1.77. The summed E-state index contributed by atoms with van der Waals surface area (Å²) in [5.41, 5.74) is 1.57. The molecule has 0 unspecified atom stereocenters. The minimum absolute atomic E-state index is 0.103. The molecule has 0 saturated carbocycles. The van der Waals surface area contributed by atoms with Crippen LogP contribution in [0.25, 0.3) is 0 Å². The second-order valence-electron chi connectivity index (χ2n) is 2.24. The summed E-state index contributed by atoms with van der Waals surface area (Å²) < 4.78 is 0. The van der Waals surface area contributed by atoms with Crippen molar-refractivity contribution in [2.75, 3.05) is 12.4 Å². The molecule has 0 saturated heterocycles. The average Bonchev–Trinajstić information content (AvgIpc) is 2.55. The molecule has 0 spiro atoms. The standard InChI is InChI=1S/C6H10N4OS/c1-4(7-2)5(11)9-6-10-8-3-12-6/h3-4,7H,1-2H3,(H,9,10,11)/t4-/m0/s1. The van der Waals surface area contributed by atoms with E-state index in [0.29, 0.717) is 5.13 Å². The highest BCUT2D eigenvalue weighted by Crippen LogP contribution is 2.07. The van der Waals surface area contributed by atoms with Crippen molar-refractivity contribution in [2.45, 2.75) is 13.0 Å². The van der Waals surface area contributed by atoms with Crippen LogP contribution in [-0.2, 0) is 4.79 Å². The lowest BCUT2D eigenvalue weighted by atomic mass is 10.3. The molecule has 0 radical (unpaired) electrons. The molecular formula is C6H10N4OS. The summed E-state index contributed by atoms with van der Waals surface area (Å²) >= 11 is 1.30. The highest BCUT2D eigenvalue weighted by Gasteiger charge is 2.10. The molecule has 1 atom stereocenters. The quantitative estimate of drug-likeness (QED) is 0.701. The van der Waals surface area contributed by atoms with Gasteiger partial charge >= 0.3 is 0 Å². The molecule has 0 aromatic carbocycles. The molecular weight excluding hydrogens is 176 g/mol. The first-order valence-electron chi connectivity index (χ1n) is 3.48. The van der Waals surface area contributed by atoms with Crippen molar-refractivity contribution in [2.24, 2.45) is 0 Å². The van der Waals surface area contributed by atoms with Crippen LogP contribution in [0, 0.1) is 0 Å². The molecule has 66 valence electrons. The summed E-state index contributed by atoms with van der Waals surface area (Å²) in [7, 11) is 1.73. The highest BCUT2D eigenvalue weighted by molar-refractivity contribution is 7.13. The van der Waals surface area contributed by atoms with E-state index >= 15 is 0 Å². The minimum Gasteiger partial charge on any atom is -0.309 e. The maximum atomic E-state index is 11.2. The van der Waals surface area contributed by atoms with Crippen LogP contribution in [0.2, 0.25) is 0 Å². The molecule has 1 rings (SSSR count). The van der Waals surface area contributed by atoms with Crippen molar-refractivity contribution in [1.82, 2.24) is 15.5 Å². The van der Waals surface area contributed by atoms with E-state index in [4.69, 9.17) is 0 Å². The zero-order valence-electron chi connectivity index (χ0n) is 6.87. The van der Waals surface area contributed by atoms with Crippen LogP contribution in [0.3, 0.4) is 0 Å². The number of amides is 1. The summed E-state index contributed by atoms with van der Waals surface area (Å²) in [4.78, 5) is 11.2. The fourth-order valence-electron chi connectivity index (χ4n) is 0.572. The second kappa shape index (κ2) is 4.13. The molecule has 2 N–H and O–H groups in total. The van der Waals surface area contributed by atoms with Crippen molar-refractivity contribution >= 4 is 22.4 Å². The van der Waals surface area contributed by atoms with Crippen LogP contribution in [0.5, 0.6) is 0 Å². The molecule has 0 aliphatic carbocycles. The van der Waals surface area contributed by atoms with Gasteiger partial charge in [0.2, 0.25) is 11.0 Å². The zero-order valence-corrected chi connectivity index (χ0v) is 7.68. The lowest BCUT2D eigenvalue weighted by molar-refractivity contribution is -0.117. The lowest BCUT2D eigenvalue weighted by Crippen LogP contribution is -2.35. The number of likely N-dealkylation sites (N-methyl/N-ethyl adjacent to an activating group) is 1. The van der Waals surface area contributed by atoms with Gasteiger partial charge in [0.15, 0.2) is 0 Å². The first-order valence-corrected chi connectivity index (χ1v) is 4.36. The van der Waals surface area contributed by atoms with Crippen LogP contribution in [0.15, 0.2) is 5.51 Å². The van der Waals surface area contributed by atoms with Crippen LogP contribution in [0.4, 0.5) is 5.13 Å². The van der Waals surface area contributed by atoms with Crippen molar-refractivity contribution in [3.63, 3.8) is 0 Å². The number of hydrogen-bond acceptors (Lipinski definition) is 5. The molecule has 0 aliphatic rings. The van der Waals surface area contributed by atoms with Crippen molar-refractivity contribution in [3.8, 4) is 0 Å². The topological polar surface area (TPSA) is 66.9 Å². The van der Waals surface area contributed by atoms with Gasteiger partial charge in [0.05, 0.1) is 6.04 Å². The molecule has 0 fully saturated rings. The summed E-state index contributed by atoms with van der Waals surface area (Å²) in [5, 5.41) is 13.2. The van der Waals surface area contributed by atoms with Crippen molar-refractivity contribution < 1.29 is 4.79 Å². The molecule has 1 heterocycles. The first-order chi connectivity index (χ1) is 5.74. The normalized spacial score (nSPS) is 12.5. The maximum absolute atomic E-state index is 11.2. The number of hydrogen-bond donors (Lipinski definition) is 2. The number of nitrogens with one attached hydrogen (secondary N) is 2. The third-order valence-electron chi connectivity index (χ3n) is 1.42. The van der Waals surface area contributed by atoms with Crippen molar-refractivity contribution in [1.29, 1.82) is 0 Å². The van der Waals surface area contributed by atoms with E-state index in [0.717, 1.165) is 0 Å². The molecule has 12 heavy (non-hydrogen) atoms. The summed E-state index contributed by atoms with van der Waals surface area (Å²) in [6, 6.07) is -0.214. The molecule has 1 amide bonds. The van der Waals surface area contributed by atoms with E-state index in [2.05, 4.69) is 20.8 Å². The largest absolute Gasteiger partial charge is 0.309 e. The summed E-state index contributed by atoms with van der Waals surface area (Å²) in [5.74, 6) is -0.103. The number of anilines is 1. The van der Waals surface area contributed by atoms with Gasteiger partial charge in [-0.1, -0.05) is 11.3 Å². The Labute approximate surface area is 74.2 Å². The minimum atomic E-state index is -0.214. The van der Waals surface area contributed by atoms with Gasteiger partial charge in [0.25, 0.3) is 0 Å². The van der Waals surface area contributed by atoms with Gasteiger partial charge in [-0.15, -0.1) is 10.2 Å². The number of rotatable bonds is 3. The van der Waals surface area contributed by atoms with Gasteiger partial charge in [-0.05, 0) is 14.0 Å². The van der Waals surface area contributed by atoms with E-state index in [1.165, 1.54) is 11.3 Å². The van der Waals surface area contributed by atoms with Gasteiger partial charge in [-0.2, -0.15) is 0 Å². The Balaban J connectivity index is 2.47. The van der Waals surface area contributed by atoms with Crippen LogP contribution in [-0.4, -0.2) is 29.2 Å². The molecule has 1 aromatic heterocycles. The Morgan fingerprint density at radius 3 is 3.00 bits per heavy atom. The maximum Gasteiger partial charge on any atom is 0.243 e. The molecule has 6 heteroatoms. The van der Waals surface area contributed by atoms with Crippen LogP contribution >= 0.6 is 11.3 Å². The van der Waals surface area contributed by atoms with Gasteiger partial charge in [0.1, 0.15) is 5.51 Å². The second-order valence-corrected chi connectivity index (χ2v) is 3.08.